The Bertz CT molecular complexity index is 653. The maximum absolute atomic E-state index is 11.3. The number of hydrogen-bond donors (Lipinski definition) is 2. The SMILES string of the molecule is Cc1cnc(CNc2nc3c(s2)CCCC3C(=O)O)cn1. The van der Waals surface area contributed by atoms with Crippen molar-refractivity contribution in [3.05, 3.63) is 34.4 Å². The maximum atomic E-state index is 11.3. The summed E-state index contributed by atoms with van der Waals surface area (Å²) in [5.41, 5.74) is 2.45. The van der Waals surface area contributed by atoms with E-state index in [2.05, 4.69) is 20.3 Å². The molecular weight excluding hydrogens is 288 g/mol. The first-order valence-electron chi connectivity index (χ1n) is 6.87. The van der Waals surface area contributed by atoms with Crippen molar-refractivity contribution in [2.45, 2.75) is 38.6 Å². The van der Waals surface area contributed by atoms with Gasteiger partial charge in [-0.15, -0.1) is 11.3 Å². The Morgan fingerprint density at radius 2 is 2.33 bits per heavy atom. The van der Waals surface area contributed by atoms with Crippen LogP contribution >= 0.6 is 11.3 Å². The third-order valence-corrected chi connectivity index (χ3v) is 4.60. The quantitative estimate of drug-likeness (QED) is 0.901. The Morgan fingerprint density at radius 3 is 3.05 bits per heavy atom. The number of thiazole rings is 1. The van der Waals surface area contributed by atoms with Gasteiger partial charge in [0, 0.05) is 11.1 Å². The normalized spacial score (nSPS) is 17.3. The summed E-state index contributed by atoms with van der Waals surface area (Å²) in [5.74, 6) is -1.24. The van der Waals surface area contributed by atoms with Crippen molar-refractivity contribution >= 4 is 22.4 Å². The molecule has 0 aromatic carbocycles. The summed E-state index contributed by atoms with van der Waals surface area (Å²) in [7, 11) is 0. The van der Waals surface area contributed by atoms with Crippen molar-refractivity contribution in [3.8, 4) is 0 Å². The highest BCUT2D eigenvalue weighted by atomic mass is 32.1. The summed E-state index contributed by atoms with van der Waals surface area (Å²) in [6.45, 7) is 2.43. The summed E-state index contributed by atoms with van der Waals surface area (Å²) in [6.07, 6.45) is 5.97. The van der Waals surface area contributed by atoms with Gasteiger partial charge in [-0.2, -0.15) is 0 Å². The fourth-order valence-corrected chi connectivity index (χ4v) is 3.47. The van der Waals surface area contributed by atoms with Crippen molar-refractivity contribution in [2.24, 2.45) is 0 Å². The number of aliphatic carboxylic acids is 1. The summed E-state index contributed by atoms with van der Waals surface area (Å²) in [5, 5.41) is 13.2. The van der Waals surface area contributed by atoms with E-state index in [1.807, 2.05) is 6.92 Å². The van der Waals surface area contributed by atoms with Crippen molar-refractivity contribution in [2.75, 3.05) is 5.32 Å². The predicted molar refractivity (Wildman–Crippen MR) is 79.5 cm³/mol. The van der Waals surface area contributed by atoms with Crippen LogP contribution < -0.4 is 5.32 Å². The van der Waals surface area contributed by atoms with E-state index in [-0.39, 0.29) is 0 Å². The van der Waals surface area contributed by atoms with Gasteiger partial charge in [-0.3, -0.25) is 14.8 Å². The first-order valence-corrected chi connectivity index (χ1v) is 7.69. The molecule has 6 nitrogen and oxygen atoms in total. The summed E-state index contributed by atoms with van der Waals surface area (Å²) < 4.78 is 0. The van der Waals surface area contributed by atoms with E-state index in [1.54, 1.807) is 23.7 Å². The third kappa shape index (κ3) is 3.02. The van der Waals surface area contributed by atoms with Crippen LogP contribution in [0.25, 0.3) is 0 Å². The second-order valence-electron chi connectivity index (χ2n) is 5.11. The van der Waals surface area contributed by atoms with E-state index in [9.17, 15) is 9.90 Å². The Labute approximate surface area is 126 Å². The molecule has 0 bridgehead atoms. The first kappa shape index (κ1) is 13.9. The number of nitrogens with zero attached hydrogens (tertiary/aromatic N) is 3. The van der Waals surface area contributed by atoms with Crippen LogP contribution in [0.1, 0.15) is 40.7 Å². The monoisotopic (exact) mass is 304 g/mol. The van der Waals surface area contributed by atoms with E-state index in [4.69, 9.17) is 0 Å². The van der Waals surface area contributed by atoms with Gasteiger partial charge in [-0.1, -0.05) is 0 Å². The highest BCUT2D eigenvalue weighted by Gasteiger charge is 2.29. The first-order chi connectivity index (χ1) is 10.1. The third-order valence-electron chi connectivity index (χ3n) is 3.51. The molecule has 1 atom stereocenters. The Balaban J connectivity index is 1.72. The zero-order valence-electron chi connectivity index (χ0n) is 11.7. The molecule has 3 rings (SSSR count). The van der Waals surface area contributed by atoms with Gasteiger partial charge in [0.25, 0.3) is 0 Å². The molecule has 2 heterocycles. The molecule has 2 N–H and O–H groups in total. The average Bonchev–Trinajstić information content (AvgIpc) is 2.89. The van der Waals surface area contributed by atoms with Crippen molar-refractivity contribution < 1.29 is 9.90 Å². The van der Waals surface area contributed by atoms with Gasteiger partial charge in [0.1, 0.15) is 5.92 Å². The zero-order valence-corrected chi connectivity index (χ0v) is 12.5. The number of anilines is 1. The van der Waals surface area contributed by atoms with Gasteiger partial charge >= 0.3 is 5.97 Å². The minimum absolute atomic E-state index is 0.459. The van der Waals surface area contributed by atoms with Gasteiger partial charge in [-0.25, -0.2) is 4.98 Å². The van der Waals surface area contributed by atoms with Crippen LogP contribution in [0.15, 0.2) is 12.4 Å². The minimum atomic E-state index is -0.780. The smallest absolute Gasteiger partial charge is 0.312 e. The molecule has 21 heavy (non-hydrogen) atoms. The lowest BCUT2D eigenvalue weighted by molar-refractivity contribution is -0.139. The number of nitrogens with one attached hydrogen (secondary N) is 1. The average molecular weight is 304 g/mol. The van der Waals surface area contributed by atoms with Crippen molar-refractivity contribution in [1.29, 1.82) is 0 Å². The molecule has 1 aliphatic rings. The van der Waals surface area contributed by atoms with Crippen LogP contribution in [0, 0.1) is 6.92 Å². The molecule has 7 heteroatoms. The second kappa shape index (κ2) is 5.77. The topological polar surface area (TPSA) is 88.0 Å². The van der Waals surface area contributed by atoms with Crippen LogP contribution in [0.3, 0.4) is 0 Å². The highest BCUT2D eigenvalue weighted by molar-refractivity contribution is 7.15. The van der Waals surface area contributed by atoms with E-state index in [0.29, 0.717) is 13.0 Å². The number of aromatic nitrogens is 3. The Kier molecular flexibility index (Phi) is 3.83. The number of rotatable bonds is 4. The van der Waals surface area contributed by atoms with Crippen LogP contribution in [-0.4, -0.2) is 26.0 Å². The lowest BCUT2D eigenvalue weighted by Gasteiger charge is -2.16. The standard InChI is InChI=1S/C14H16N4O2S/c1-8-5-16-9(6-15-8)7-17-14-18-12-10(13(19)20)3-2-4-11(12)21-14/h5-6,10H,2-4,7H2,1H3,(H,17,18)(H,19,20). The molecule has 110 valence electrons. The van der Waals surface area contributed by atoms with E-state index in [1.165, 1.54) is 0 Å². The van der Waals surface area contributed by atoms with Crippen molar-refractivity contribution in [1.82, 2.24) is 15.0 Å². The molecule has 0 amide bonds. The van der Waals surface area contributed by atoms with Gasteiger partial charge in [0.15, 0.2) is 5.13 Å². The molecule has 1 unspecified atom stereocenters. The molecule has 0 fully saturated rings. The van der Waals surface area contributed by atoms with Crippen LogP contribution in [0.2, 0.25) is 0 Å². The summed E-state index contributed by atoms with van der Waals surface area (Å²) in [6, 6.07) is 0. The molecule has 0 spiro atoms. The van der Waals surface area contributed by atoms with E-state index < -0.39 is 11.9 Å². The number of hydrogen-bond acceptors (Lipinski definition) is 6. The highest BCUT2D eigenvalue weighted by Crippen LogP contribution is 2.36. The Hall–Kier alpha value is -2.02. The molecule has 1 aliphatic carbocycles. The van der Waals surface area contributed by atoms with Crippen LogP contribution in [-0.2, 0) is 17.8 Å². The van der Waals surface area contributed by atoms with Gasteiger partial charge in [-0.05, 0) is 26.2 Å². The second-order valence-corrected chi connectivity index (χ2v) is 6.20. The molecule has 0 aliphatic heterocycles. The fraction of sp³-hybridized carbons (Fsp3) is 0.429. The lowest BCUT2D eigenvalue weighted by Crippen LogP contribution is -2.17. The number of fused-ring (bicyclic) bond motifs is 1. The van der Waals surface area contributed by atoms with Gasteiger partial charge in [0.05, 0.1) is 29.8 Å². The largest absolute Gasteiger partial charge is 0.481 e. The number of carbonyl (C=O) groups is 1. The summed E-state index contributed by atoms with van der Waals surface area (Å²) in [4.78, 5) is 25.3. The maximum Gasteiger partial charge on any atom is 0.312 e. The molecule has 0 saturated heterocycles. The zero-order chi connectivity index (χ0) is 14.8. The molecular formula is C14H16N4O2S. The van der Waals surface area contributed by atoms with Gasteiger partial charge < -0.3 is 10.4 Å². The number of carboxylic acid groups (broad SMARTS) is 1. The molecule has 0 radical (unpaired) electrons. The van der Waals surface area contributed by atoms with Gasteiger partial charge in [0.2, 0.25) is 0 Å². The lowest BCUT2D eigenvalue weighted by atomic mass is 9.91. The van der Waals surface area contributed by atoms with Crippen LogP contribution in [0.5, 0.6) is 0 Å². The molecule has 2 aromatic heterocycles. The summed E-state index contributed by atoms with van der Waals surface area (Å²) >= 11 is 1.55. The molecule has 2 aromatic rings. The molecule has 0 saturated carbocycles. The van der Waals surface area contributed by atoms with Crippen LogP contribution in [0.4, 0.5) is 5.13 Å². The Morgan fingerprint density at radius 1 is 1.48 bits per heavy atom. The fourth-order valence-electron chi connectivity index (χ4n) is 2.41. The number of carboxylic acids is 1. The van der Waals surface area contributed by atoms with Crippen molar-refractivity contribution in [3.63, 3.8) is 0 Å². The number of aryl methyl sites for hydroxylation is 2. The minimum Gasteiger partial charge on any atom is -0.481 e. The van der Waals surface area contributed by atoms with E-state index >= 15 is 0 Å². The van der Waals surface area contributed by atoms with E-state index in [0.717, 1.165) is 39.9 Å². The predicted octanol–water partition coefficient (Wildman–Crippen LogP) is 2.36.